The summed E-state index contributed by atoms with van der Waals surface area (Å²) < 4.78 is 6.89. The molecule has 0 fully saturated rings. The van der Waals surface area contributed by atoms with E-state index in [9.17, 15) is 4.79 Å². The molecule has 4 rings (SSSR count). The van der Waals surface area contributed by atoms with Crippen molar-refractivity contribution in [2.45, 2.75) is 0 Å². The zero-order valence-corrected chi connectivity index (χ0v) is 15.4. The summed E-state index contributed by atoms with van der Waals surface area (Å²) in [5.41, 5.74) is 3.18. The second-order valence-electron chi connectivity index (χ2n) is 6.21. The maximum absolute atomic E-state index is 12.7. The highest BCUT2D eigenvalue weighted by Gasteiger charge is 2.14. The van der Waals surface area contributed by atoms with Gasteiger partial charge in [-0.15, -0.1) is 0 Å². The number of amides is 1. The van der Waals surface area contributed by atoms with E-state index in [1.54, 1.807) is 36.1 Å². The Bertz CT molecular complexity index is 1070. The predicted octanol–water partition coefficient (Wildman–Crippen LogP) is 4.80. The molecule has 3 aromatic carbocycles. The molecule has 1 aromatic heterocycles. The van der Waals surface area contributed by atoms with Gasteiger partial charge in [0.05, 0.1) is 18.5 Å². The van der Waals surface area contributed by atoms with Crippen molar-refractivity contribution >= 4 is 11.7 Å². The van der Waals surface area contributed by atoms with Crippen molar-refractivity contribution in [3.05, 3.63) is 96.6 Å². The van der Waals surface area contributed by atoms with E-state index >= 15 is 0 Å². The van der Waals surface area contributed by atoms with Gasteiger partial charge < -0.3 is 10.1 Å². The fourth-order valence-corrected chi connectivity index (χ4v) is 2.92. The molecule has 0 saturated heterocycles. The van der Waals surface area contributed by atoms with Crippen LogP contribution < -0.4 is 10.1 Å². The van der Waals surface area contributed by atoms with E-state index in [1.807, 2.05) is 66.7 Å². The number of nitrogens with zero attached hydrogens (tertiary/aromatic N) is 2. The van der Waals surface area contributed by atoms with Crippen molar-refractivity contribution in [2.75, 3.05) is 12.4 Å². The highest BCUT2D eigenvalue weighted by molar-refractivity contribution is 6.04. The van der Waals surface area contributed by atoms with Crippen LogP contribution in [0.5, 0.6) is 5.75 Å². The average Bonchev–Trinajstić information content (AvgIpc) is 3.19. The number of methoxy groups -OCH3 is 1. The molecule has 0 bridgehead atoms. The number of anilines is 1. The van der Waals surface area contributed by atoms with E-state index in [1.165, 1.54) is 0 Å². The van der Waals surface area contributed by atoms with E-state index in [0.717, 1.165) is 16.9 Å². The highest BCUT2D eigenvalue weighted by Crippen LogP contribution is 2.25. The molecule has 1 heterocycles. The number of carbonyl (C=O) groups excluding carboxylic acids is 1. The quantitative estimate of drug-likeness (QED) is 0.550. The molecule has 1 amide bonds. The average molecular weight is 369 g/mol. The summed E-state index contributed by atoms with van der Waals surface area (Å²) in [6, 6.07) is 28.5. The van der Waals surface area contributed by atoms with Gasteiger partial charge in [-0.3, -0.25) is 4.79 Å². The van der Waals surface area contributed by atoms with Crippen LogP contribution in [0.3, 0.4) is 0 Å². The Kier molecular flexibility index (Phi) is 4.89. The molecule has 0 aliphatic heterocycles. The minimum absolute atomic E-state index is 0.209. The number of para-hydroxylation sites is 1. The Hall–Kier alpha value is -3.86. The second kappa shape index (κ2) is 7.80. The SMILES string of the molecule is COc1ccc(C(=O)Nc2cc(-c3ccccc3)nn2-c2ccccc2)cc1. The molecular weight excluding hydrogens is 350 g/mol. The molecule has 1 N–H and O–H groups in total. The first-order chi connectivity index (χ1) is 13.7. The van der Waals surface area contributed by atoms with Crippen LogP contribution in [0.2, 0.25) is 0 Å². The lowest BCUT2D eigenvalue weighted by atomic mass is 10.1. The number of rotatable bonds is 5. The molecular formula is C23H19N3O2. The Labute approximate surface area is 163 Å². The van der Waals surface area contributed by atoms with Gasteiger partial charge in [-0.25, -0.2) is 4.68 Å². The van der Waals surface area contributed by atoms with Crippen LogP contribution in [-0.2, 0) is 0 Å². The van der Waals surface area contributed by atoms with Crippen molar-refractivity contribution in [3.8, 4) is 22.7 Å². The smallest absolute Gasteiger partial charge is 0.256 e. The third-order valence-electron chi connectivity index (χ3n) is 4.37. The van der Waals surface area contributed by atoms with Gasteiger partial charge in [-0.2, -0.15) is 5.10 Å². The molecule has 0 atom stereocenters. The molecule has 0 radical (unpaired) electrons. The number of hydrogen-bond donors (Lipinski definition) is 1. The number of nitrogens with one attached hydrogen (secondary N) is 1. The van der Waals surface area contributed by atoms with Crippen molar-refractivity contribution in [3.63, 3.8) is 0 Å². The van der Waals surface area contributed by atoms with Gasteiger partial charge in [0, 0.05) is 17.2 Å². The van der Waals surface area contributed by atoms with E-state index < -0.39 is 0 Å². The molecule has 138 valence electrons. The van der Waals surface area contributed by atoms with Gasteiger partial charge in [-0.05, 0) is 36.4 Å². The molecule has 5 heteroatoms. The molecule has 0 unspecified atom stereocenters. The number of aromatic nitrogens is 2. The lowest BCUT2D eigenvalue weighted by Crippen LogP contribution is -2.15. The summed E-state index contributed by atoms with van der Waals surface area (Å²) in [6.45, 7) is 0. The van der Waals surface area contributed by atoms with Gasteiger partial charge in [0.1, 0.15) is 11.6 Å². The van der Waals surface area contributed by atoms with E-state index in [4.69, 9.17) is 9.84 Å². The number of ether oxygens (including phenoxy) is 1. The third kappa shape index (κ3) is 3.64. The van der Waals surface area contributed by atoms with Gasteiger partial charge in [0.15, 0.2) is 0 Å². The molecule has 4 aromatic rings. The summed E-state index contributed by atoms with van der Waals surface area (Å²) in [7, 11) is 1.60. The fourth-order valence-electron chi connectivity index (χ4n) is 2.92. The van der Waals surface area contributed by atoms with Crippen molar-refractivity contribution in [2.24, 2.45) is 0 Å². The fraction of sp³-hybridized carbons (Fsp3) is 0.0435. The number of benzene rings is 3. The Morgan fingerprint density at radius 2 is 1.54 bits per heavy atom. The van der Waals surface area contributed by atoms with Gasteiger partial charge in [0.25, 0.3) is 5.91 Å². The van der Waals surface area contributed by atoms with Crippen LogP contribution >= 0.6 is 0 Å². The Balaban J connectivity index is 1.70. The monoisotopic (exact) mass is 369 g/mol. The lowest BCUT2D eigenvalue weighted by molar-refractivity contribution is 0.102. The van der Waals surface area contributed by atoms with Crippen LogP contribution in [0.4, 0.5) is 5.82 Å². The molecule has 0 aliphatic carbocycles. The summed E-state index contributed by atoms with van der Waals surface area (Å²) in [6.07, 6.45) is 0. The molecule has 0 saturated carbocycles. The predicted molar refractivity (Wildman–Crippen MR) is 110 cm³/mol. The van der Waals surface area contributed by atoms with Crippen molar-refractivity contribution < 1.29 is 9.53 Å². The van der Waals surface area contributed by atoms with Crippen LogP contribution in [0.25, 0.3) is 16.9 Å². The minimum atomic E-state index is -0.209. The van der Waals surface area contributed by atoms with E-state index in [2.05, 4.69) is 5.32 Å². The maximum Gasteiger partial charge on any atom is 0.256 e. The Morgan fingerprint density at radius 1 is 0.893 bits per heavy atom. The zero-order valence-electron chi connectivity index (χ0n) is 15.4. The van der Waals surface area contributed by atoms with Crippen LogP contribution in [-0.4, -0.2) is 22.8 Å². The summed E-state index contributed by atoms with van der Waals surface area (Å²) >= 11 is 0. The summed E-state index contributed by atoms with van der Waals surface area (Å²) in [4.78, 5) is 12.7. The Morgan fingerprint density at radius 3 is 2.18 bits per heavy atom. The third-order valence-corrected chi connectivity index (χ3v) is 4.37. The lowest BCUT2D eigenvalue weighted by Gasteiger charge is -2.09. The summed E-state index contributed by atoms with van der Waals surface area (Å²) in [5, 5.41) is 7.68. The standard InChI is InChI=1S/C23H19N3O2/c1-28-20-14-12-18(13-15-20)23(27)24-22-16-21(17-8-4-2-5-9-17)25-26(22)19-10-6-3-7-11-19/h2-16H,1H3,(H,24,27). The van der Waals surface area contributed by atoms with Crippen LogP contribution in [0.1, 0.15) is 10.4 Å². The topological polar surface area (TPSA) is 56.1 Å². The van der Waals surface area contributed by atoms with E-state index in [0.29, 0.717) is 17.1 Å². The molecule has 5 nitrogen and oxygen atoms in total. The maximum atomic E-state index is 12.7. The summed E-state index contributed by atoms with van der Waals surface area (Å²) in [5.74, 6) is 1.10. The zero-order chi connectivity index (χ0) is 19.3. The first-order valence-electron chi connectivity index (χ1n) is 8.91. The number of carbonyl (C=O) groups is 1. The van der Waals surface area contributed by atoms with E-state index in [-0.39, 0.29) is 5.91 Å². The van der Waals surface area contributed by atoms with Gasteiger partial charge in [0.2, 0.25) is 0 Å². The van der Waals surface area contributed by atoms with Gasteiger partial charge >= 0.3 is 0 Å². The van der Waals surface area contributed by atoms with Crippen molar-refractivity contribution in [1.82, 2.24) is 9.78 Å². The molecule has 28 heavy (non-hydrogen) atoms. The highest BCUT2D eigenvalue weighted by atomic mass is 16.5. The number of hydrogen-bond acceptors (Lipinski definition) is 3. The first-order valence-corrected chi connectivity index (χ1v) is 8.91. The van der Waals surface area contributed by atoms with Crippen molar-refractivity contribution in [1.29, 1.82) is 0 Å². The second-order valence-corrected chi connectivity index (χ2v) is 6.21. The van der Waals surface area contributed by atoms with Crippen LogP contribution in [0.15, 0.2) is 91.0 Å². The largest absolute Gasteiger partial charge is 0.497 e. The first kappa shape index (κ1) is 17.5. The molecule has 0 aliphatic rings. The van der Waals surface area contributed by atoms with Crippen LogP contribution in [0, 0.1) is 0 Å². The minimum Gasteiger partial charge on any atom is -0.497 e. The molecule has 0 spiro atoms. The van der Waals surface area contributed by atoms with Gasteiger partial charge in [-0.1, -0.05) is 48.5 Å². The normalized spacial score (nSPS) is 10.5.